The maximum atomic E-state index is 13.5. The van der Waals surface area contributed by atoms with Crippen LogP contribution in [0.2, 0.25) is 5.02 Å². The number of rotatable bonds is 5. The van der Waals surface area contributed by atoms with Crippen LogP contribution in [0.1, 0.15) is 11.1 Å². The van der Waals surface area contributed by atoms with E-state index in [0.29, 0.717) is 6.54 Å². The third-order valence-electron chi connectivity index (χ3n) is 3.31. The summed E-state index contributed by atoms with van der Waals surface area (Å²) < 4.78 is 14.5. The van der Waals surface area contributed by atoms with Crippen LogP contribution in [0.25, 0.3) is 0 Å². The van der Waals surface area contributed by atoms with E-state index in [1.807, 2.05) is 24.3 Å². The molecule has 2 aromatic rings. The Morgan fingerprint density at radius 2 is 1.90 bits per heavy atom. The molecular formula is C16H16BrClFN. The van der Waals surface area contributed by atoms with E-state index in [9.17, 15) is 4.39 Å². The second kappa shape index (κ2) is 7.21. The van der Waals surface area contributed by atoms with Crippen molar-refractivity contribution in [3.63, 3.8) is 0 Å². The standard InChI is InChI=1S/C16H16BrClFN/c17-14-4-2-1-3-13(14)8-12(10-20)7-11-5-6-15(18)16(19)9-11/h1-6,9,12H,7-8,10,20H2. The minimum atomic E-state index is -0.374. The largest absolute Gasteiger partial charge is 0.330 e. The topological polar surface area (TPSA) is 26.0 Å². The lowest BCUT2D eigenvalue weighted by molar-refractivity contribution is 0.529. The summed E-state index contributed by atoms with van der Waals surface area (Å²) in [4.78, 5) is 0. The molecule has 4 heteroatoms. The Hall–Kier alpha value is -0.900. The fourth-order valence-corrected chi connectivity index (χ4v) is 2.78. The van der Waals surface area contributed by atoms with Gasteiger partial charge in [0.25, 0.3) is 0 Å². The highest BCUT2D eigenvalue weighted by molar-refractivity contribution is 9.10. The van der Waals surface area contributed by atoms with Crippen molar-refractivity contribution in [2.75, 3.05) is 6.54 Å². The van der Waals surface area contributed by atoms with E-state index in [1.165, 1.54) is 11.6 Å². The predicted octanol–water partition coefficient (Wildman–Crippen LogP) is 4.60. The molecule has 0 radical (unpaired) electrons. The zero-order valence-electron chi connectivity index (χ0n) is 11.0. The molecule has 2 N–H and O–H groups in total. The average Bonchev–Trinajstić information content (AvgIpc) is 2.44. The van der Waals surface area contributed by atoms with Gasteiger partial charge in [-0.25, -0.2) is 4.39 Å². The zero-order valence-corrected chi connectivity index (χ0v) is 13.3. The predicted molar refractivity (Wildman–Crippen MR) is 85.5 cm³/mol. The Balaban J connectivity index is 2.09. The molecular weight excluding hydrogens is 341 g/mol. The molecule has 106 valence electrons. The van der Waals surface area contributed by atoms with Gasteiger partial charge in [0.05, 0.1) is 5.02 Å². The molecule has 0 aliphatic heterocycles. The molecule has 0 bridgehead atoms. The molecule has 1 nitrogen and oxygen atoms in total. The first kappa shape index (κ1) is 15.5. The molecule has 0 aliphatic carbocycles. The van der Waals surface area contributed by atoms with E-state index in [2.05, 4.69) is 22.0 Å². The van der Waals surface area contributed by atoms with E-state index in [4.69, 9.17) is 17.3 Å². The van der Waals surface area contributed by atoms with Gasteiger partial charge in [-0.2, -0.15) is 0 Å². The normalized spacial score (nSPS) is 12.4. The van der Waals surface area contributed by atoms with Gasteiger partial charge in [-0.15, -0.1) is 0 Å². The number of hydrogen-bond donors (Lipinski definition) is 1. The minimum Gasteiger partial charge on any atom is -0.330 e. The maximum absolute atomic E-state index is 13.5. The summed E-state index contributed by atoms with van der Waals surface area (Å²) in [5, 5.41) is 0.156. The van der Waals surface area contributed by atoms with Crippen LogP contribution in [0.5, 0.6) is 0 Å². The van der Waals surface area contributed by atoms with Crippen LogP contribution in [0, 0.1) is 11.7 Å². The van der Waals surface area contributed by atoms with Crippen molar-refractivity contribution >= 4 is 27.5 Å². The van der Waals surface area contributed by atoms with Crippen LogP contribution in [-0.2, 0) is 12.8 Å². The van der Waals surface area contributed by atoms with Gasteiger partial charge in [0, 0.05) is 4.47 Å². The van der Waals surface area contributed by atoms with Crippen LogP contribution in [-0.4, -0.2) is 6.54 Å². The van der Waals surface area contributed by atoms with Crippen molar-refractivity contribution in [1.82, 2.24) is 0 Å². The van der Waals surface area contributed by atoms with Gasteiger partial charge in [0.1, 0.15) is 5.82 Å². The van der Waals surface area contributed by atoms with Crippen molar-refractivity contribution in [2.45, 2.75) is 12.8 Å². The van der Waals surface area contributed by atoms with Gasteiger partial charge in [0.15, 0.2) is 0 Å². The Morgan fingerprint density at radius 3 is 2.55 bits per heavy atom. The first-order chi connectivity index (χ1) is 9.60. The number of hydrogen-bond acceptors (Lipinski definition) is 1. The summed E-state index contributed by atoms with van der Waals surface area (Å²) in [5.41, 5.74) is 8.00. The van der Waals surface area contributed by atoms with Crippen molar-refractivity contribution in [1.29, 1.82) is 0 Å². The van der Waals surface area contributed by atoms with E-state index >= 15 is 0 Å². The summed E-state index contributed by atoms with van der Waals surface area (Å²) in [6.07, 6.45) is 1.61. The third-order valence-corrected chi connectivity index (χ3v) is 4.39. The van der Waals surface area contributed by atoms with E-state index in [0.717, 1.165) is 22.9 Å². The molecule has 0 fully saturated rings. The summed E-state index contributed by atoms with van der Waals surface area (Å²) in [5.74, 6) is -0.102. The molecule has 1 unspecified atom stereocenters. The zero-order chi connectivity index (χ0) is 14.5. The molecule has 0 amide bonds. The van der Waals surface area contributed by atoms with E-state index < -0.39 is 0 Å². The lowest BCUT2D eigenvalue weighted by Crippen LogP contribution is -2.19. The molecule has 0 spiro atoms. The van der Waals surface area contributed by atoms with Crippen molar-refractivity contribution in [2.24, 2.45) is 11.7 Å². The molecule has 0 aromatic heterocycles. The number of nitrogens with two attached hydrogens (primary N) is 1. The van der Waals surface area contributed by atoms with Crippen LogP contribution < -0.4 is 5.73 Å². The first-order valence-electron chi connectivity index (χ1n) is 6.47. The van der Waals surface area contributed by atoms with Crippen LogP contribution in [0.3, 0.4) is 0 Å². The maximum Gasteiger partial charge on any atom is 0.142 e. The van der Waals surface area contributed by atoms with Crippen LogP contribution >= 0.6 is 27.5 Å². The second-order valence-corrected chi connectivity index (χ2v) is 6.11. The van der Waals surface area contributed by atoms with Crippen molar-refractivity contribution < 1.29 is 4.39 Å². The minimum absolute atomic E-state index is 0.156. The summed E-state index contributed by atoms with van der Waals surface area (Å²) in [6.45, 7) is 0.561. The monoisotopic (exact) mass is 355 g/mol. The average molecular weight is 357 g/mol. The van der Waals surface area contributed by atoms with E-state index in [1.54, 1.807) is 6.07 Å². The highest BCUT2D eigenvalue weighted by atomic mass is 79.9. The van der Waals surface area contributed by atoms with Gasteiger partial charge < -0.3 is 5.73 Å². The van der Waals surface area contributed by atoms with Gasteiger partial charge in [-0.1, -0.05) is 51.8 Å². The first-order valence-corrected chi connectivity index (χ1v) is 7.64. The summed E-state index contributed by atoms with van der Waals surface area (Å²) in [6, 6.07) is 13.0. The third kappa shape index (κ3) is 4.05. The Bertz CT molecular complexity index is 588. The molecule has 0 saturated carbocycles. The van der Waals surface area contributed by atoms with Crippen LogP contribution in [0.15, 0.2) is 46.9 Å². The molecule has 0 heterocycles. The SMILES string of the molecule is NCC(Cc1ccc(Cl)c(F)c1)Cc1ccccc1Br. The Morgan fingerprint density at radius 1 is 1.15 bits per heavy atom. The van der Waals surface area contributed by atoms with Crippen LogP contribution in [0.4, 0.5) is 4.39 Å². The molecule has 0 saturated heterocycles. The fraction of sp³-hybridized carbons (Fsp3) is 0.250. The molecule has 1 atom stereocenters. The van der Waals surface area contributed by atoms with Gasteiger partial charge >= 0.3 is 0 Å². The second-order valence-electron chi connectivity index (χ2n) is 4.85. The molecule has 2 rings (SSSR count). The summed E-state index contributed by atoms with van der Waals surface area (Å²) in [7, 11) is 0. The Kier molecular flexibility index (Phi) is 5.58. The number of halogens is 3. The van der Waals surface area contributed by atoms with Crippen molar-refractivity contribution in [3.05, 3.63) is 68.9 Å². The quantitative estimate of drug-likeness (QED) is 0.832. The van der Waals surface area contributed by atoms with Crippen molar-refractivity contribution in [3.8, 4) is 0 Å². The Labute approximate surface area is 132 Å². The highest BCUT2D eigenvalue weighted by Gasteiger charge is 2.12. The molecule has 2 aromatic carbocycles. The smallest absolute Gasteiger partial charge is 0.142 e. The molecule has 0 aliphatic rings. The highest BCUT2D eigenvalue weighted by Crippen LogP contribution is 2.22. The van der Waals surface area contributed by atoms with Gasteiger partial charge in [-0.05, 0) is 54.6 Å². The van der Waals surface area contributed by atoms with Gasteiger partial charge in [0.2, 0.25) is 0 Å². The molecule has 20 heavy (non-hydrogen) atoms. The lowest BCUT2D eigenvalue weighted by atomic mass is 9.92. The van der Waals surface area contributed by atoms with Gasteiger partial charge in [-0.3, -0.25) is 0 Å². The number of benzene rings is 2. The summed E-state index contributed by atoms with van der Waals surface area (Å²) >= 11 is 9.24. The van der Waals surface area contributed by atoms with E-state index in [-0.39, 0.29) is 16.8 Å². The lowest BCUT2D eigenvalue weighted by Gasteiger charge is -2.16. The fourth-order valence-electron chi connectivity index (χ4n) is 2.21.